The Hall–Kier alpha value is -1.64. The van der Waals surface area contributed by atoms with Crippen LogP contribution in [0.15, 0.2) is 0 Å². The normalized spacial score (nSPS) is 20.2. The van der Waals surface area contributed by atoms with Gasteiger partial charge < -0.3 is 15.4 Å². The zero-order valence-electron chi connectivity index (χ0n) is 12.3. The predicted octanol–water partition coefficient (Wildman–Crippen LogP) is 0.691. The summed E-state index contributed by atoms with van der Waals surface area (Å²) in [5, 5.41) is 5.60. The van der Waals surface area contributed by atoms with Crippen molar-refractivity contribution in [3.05, 3.63) is 0 Å². The van der Waals surface area contributed by atoms with Gasteiger partial charge in [-0.25, -0.2) is 8.42 Å². The van der Waals surface area contributed by atoms with Crippen LogP contribution in [0.2, 0.25) is 0 Å². The summed E-state index contributed by atoms with van der Waals surface area (Å²) in [5.74, 6) is 1.00. The third-order valence-electron chi connectivity index (χ3n) is 3.17. The first-order valence-corrected chi connectivity index (χ1v) is 8.85. The highest BCUT2D eigenvalue weighted by Gasteiger charge is 2.31. The Labute approximate surface area is 124 Å². The fraction of sp³-hybridized carbons (Fsp3) is 0.750. The molecule has 1 fully saturated rings. The Morgan fingerprint density at radius 3 is 2.48 bits per heavy atom. The topological polar surface area (TPSA) is 106 Å². The van der Waals surface area contributed by atoms with Crippen LogP contribution in [0.1, 0.15) is 26.7 Å². The van der Waals surface area contributed by atoms with Crippen LogP contribution in [0, 0.1) is 0 Å². The van der Waals surface area contributed by atoms with Crippen LogP contribution >= 0.6 is 0 Å². The minimum Gasteiger partial charge on any atom is -0.464 e. The molecular formula is C12H21N5O3S. The lowest BCUT2D eigenvalue weighted by atomic mass is 10.2. The van der Waals surface area contributed by atoms with Gasteiger partial charge in [-0.3, -0.25) is 0 Å². The molecule has 2 rings (SSSR count). The molecule has 9 heteroatoms. The largest absolute Gasteiger partial charge is 0.464 e. The second-order valence-corrected chi connectivity index (χ2v) is 7.14. The molecule has 1 aromatic rings. The first kappa shape index (κ1) is 15.7. The summed E-state index contributed by atoms with van der Waals surface area (Å²) in [6.45, 7) is 5.21. The molecule has 1 atom stereocenters. The van der Waals surface area contributed by atoms with Crippen molar-refractivity contribution in [1.29, 1.82) is 0 Å². The molecule has 0 aliphatic carbocycles. The maximum Gasteiger partial charge on any atom is 0.323 e. The van der Waals surface area contributed by atoms with Crippen molar-refractivity contribution in [1.82, 2.24) is 15.0 Å². The van der Waals surface area contributed by atoms with Crippen molar-refractivity contribution >= 4 is 21.7 Å². The standard InChI is InChI=1S/C12H21N5O3S/c1-3-13-10-15-11(17-12(16-10)20-4-2)14-8-9-6-5-7-21(9,18)19/h9H,3-8H2,1-2H3,(H2,13,14,15,16,17). The molecule has 1 aliphatic heterocycles. The molecule has 8 nitrogen and oxygen atoms in total. The summed E-state index contributed by atoms with van der Waals surface area (Å²) in [7, 11) is -2.98. The van der Waals surface area contributed by atoms with Gasteiger partial charge in [-0.2, -0.15) is 15.0 Å². The number of hydrogen-bond donors (Lipinski definition) is 2. The van der Waals surface area contributed by atoms with Crippen LogP contribution < -0.4 is 15.4 Å². The maximum absolute atomic E-state index is 11.8. The van der Waals surface area contributed by atoms with E-state index in [1.165, 1.54) is 0 Å². The number of sulfone groups is 1. The summed E-state index contributed by atoms with van der Waals surface area (Å²) in [5.41, 5.74) is 0. The highest BCUT2D eigenvalue weighted by molar-refractivity contribution is 7.92. The van der Waals surface area contributed by atoms with E-state index in [4.69, 9.17) is 4.74 Å². The van der Waals surface area contributed by atoms with Crippen molar-refractivity contribution < 1.29 is 13.2 Å². The molecule has 21 heavy (non-hydrogen) atoms. The minimum atomic E-state index is -2.98. The van der Waals surface area contributed by atoms with Crippen molar-refractivity contribution in [2.24, 2.45) is 0 Å². The van der Waals surface area contributed by atoms with E-state index < -0.39 is 9.84 Å². The third-order valence-corrected chi connectivity index (χ3v) is 5.45. The number of anilines is 2. The Morgan fingerprint density at radius 1 is 1.19 bits per heavy atom. The fourth-order valence-corrected chi connectivity index (χ4v) is 3.92. The highest BCUT2D eigenvalue weighted by Crippen LogP contribution is 2.20. The molecule has 0 radical (unpaired) electrons. The van der Waals surface area contributed by atoms with Gasteiger partial charge in [-0.05, 0) is 26.7 Å². The van der Waals surface area contributed by atoms with Crippen molar-refractivity contribution in [3.8, 4) is 6.01 Å². The molecule has 2 heterocycles. The van der Waals surface area contributed by atoms with Gasteiger partial charge in [0.15, 0.2) is 9.84 Å². The number of nitrogens with one attached hydrogen (secondary N) is 2. The molecule has 0 bridgehead atoms. The van der Waals surface area contributed by atoms with Gasteiger partial charge in [-0.1, -0.05) is 0 Å². The molecule has 1 unspecified atom stereocenters. The van der Waals surface area contributed by atoms with Crippen LogP contribution in [0.3, 0.4) is 0 Å². The van der Waals surface area contributed by atoms with Crippen LogP contribution in [0.5, 0.6) is 6.01 Å². The average Bonchev–Trinajstić information content (AvgIpc) is 2.76. The Bertz CT molecular complexity index is 554. The lowest BCUT2D eigenvalue weighted by Gasteiger charge is -2.12. The summed E-state index contributed by atoms with van der Waals surface area (Å²) >= 11 is 0. The van der Waals surface area contributed by atoms with E-state index in [0.717, 1.165) is 6.42 Å². The predicted molar refractivity (Wildman–Crippen MR) is 80.5 cm³/mol. The lowest BCUT2D eigenvalue weighted by Crippen LogP contribution is -2.26. The fourth-order valence-electron chi connectivity index (χ4n) is 2.16. The van der Waals surface area contributed by atoms with E-state index in [2.05, 4.69) is 25.6 Å². The van der Waals surface area contributed by atoms with Gasteiger partial charge in [0.25, 0.3) is 0 Å². The van der Waals surface area contributed by atoms with E-state index in [9.17, 15) is 8.42 Å². The average molecular weight is 315 g/mol. The zero-order chi connectivity index (χ0) is 15.3. The van der Waals surface area contributed by atoms with Gasteiger partial charge in [0.2, 0.25) is 11.9 Å². The van der Waals surface area contributed by atoms with Gasteiger partial charge in [0, 0.05) is 13.1 Å². The molecule has 118 valence electrons. The van der Waals surface area contributed by atoms with Crippen LogP contribution in [0.25, 0.3) is 0 Å². The quantitative estimate of drug-likeness (QED) is 0.757. The lowest BCUT2D eigenvalue weighted by molar-refractivity contribution is 0.312. The number of nitrogens with zero attached hydrogens (tertiary/aromatic N) is 3. The second-order valence-electron chi connectivity index (χ2n) is 4.74. The van der Waals surface area contributed by atoms with Crippen molar-refractivity contribution in [3.63, 3.8) is 0 Å². The Morgan fingerprint density at radius 2 is 1.90 bits per heavy atom. The molecular weight excluding hydrogens is 294 g/mol. The van der Waals surface area contributed by atoms with Gasteiger partial charge >= 0.3 is 6.01 Å². The van der Waals surface area contributed by atoms with E-state index >= 15 is 0 Å². The SMILES string of the molecule is CCNc1nc(NCC2CCCS2(=O)=O)nc(OCC)n1. The summed E-state index contributed by atoms with van der Waals surface area (Å²) in [6.07, 6.45) is 1.40. The van der Waals surface area contributed by atoms with Crippen molar-refractivity contribution in [2.45, 2.75) is 31.9 Å². The van der Waals surface area contributed by atoms with Crippen LogP contribution in [0.4, 0.5) is 11.9 Å². The van der Waals surface area contributed by atoms with Gasteiger partial charge in [0.1, 0.15) is 0 Å². The Balaban J connectivity index is 2.07. The molecule has 1 aromatic heterocycles. The molecule has 2 N–H and O–H groups in total. The smallest absolute Gasteiger partial charge is 0.323 e. The molecule has 0 spiro atoms. The maximum atomic E-state index is 11.8. The van der Waals surface area contributed by atoms with E-state index in [1.807, 2.05) is 13.8 Å². The number of aromatic nitrogens is 3. The third kappa shape index (κ3) is 4.16. The van der Waals surface area contributed by atoms with E-state index in [1.54, 1.807) is 0 Å². The second kappa shape index (κ2) is 6.88. The number of hydrogen-bond acceptors (Lipinski definition) is 8. The zero-order valence-corrected chi connectivity index (χ0v) is 13.1. The summed E-state index contributed by atoms with van der Waals surface area (Å²) < 4.78 is 28.9. The monoisotopic (exact) mass is 315 g/mol. The van der Waals surface area contributed by atoms with Gasteiger partial charge in [0.05, 0.1) is 17.6 Å². The molecule has 0 aromatic carbocycles. The van der Waals surface area contributed by atoms with E-state index in [0.29, 0.717) is 38.0 Å². The number of ether oxygens (including phenoxy) is 1. The molecule has 0 amide bonds. The molecule has 1 saturated heterocycles. The molecule has 0 saturated carbocycles. The first-order valence-electron chi connectivity index (χ1n) is 7.13. The van der Waals surface area contributed by atoms with E-state index in [-0.39, 0.29) is 17.0 Å². The van der Waals surface area contributed by atoms with Gasteiger partial charge in [-0.15, -0.1) is 0 Å². The highest BCUT2D eigenvalue weighted by atomic mass is 32.2. The van der Waals surface area contributed by atoms with Crippen LogP contribution in [-0.4, -0.2) is 54.1 Å². The van der Waals surface area contributed by atoms with Crippen molar-refractivity contribution in [2.75, 3.05) is 36.1 Å². The molecule has 1 aliphatic rings. The first-order chi connectivity index (χ1) is 10.0. The van der Waals surface area contributed by atoms with Crippen LogP contribution in [-0.2, 0) is 9.84 Å². The summed E-state index contributed by atoms with van der Waals surface area (Å²) in [6, 6.07) is 0.222. The Kier molecular flexibility index (Phi) is 5.16. The number of rotatable bonds is 7. The minimum absolute atomic E-state index is 0.222. The summed E-state index contributed by atoms with van der Waals surface area (Å²) in [4.78, 5) is 12.4.